The van der Waals surface area contributed by atoms with Crippen molar-refractivity contribution in [2.75, 3.05) is 26.7 Å². The van der Waals surface area contributed by atoms with E-state index in [9.17, 15) is 13.2 Å². The molecule has 2 atom stereocenters. The monoisotopic (exact) mass is 272 g/mol. The second kappa shape index (κ2) is 5.51. The number of hydrogen-bond donors (Lipinski definition) is 0. The van der Waals surface area contributed by atoms with Crippen molar-refractivity contribution in [1.29, 1.82) is 0 Å². The molecular weight excluding hydrogens is 253 g/mol. The maximum Gasteiger partial charge on any atom is 0.161 e. The SMILES string of the molecule is CC1CN(C(C)c2cc(F)c(F)cc2F)CCN1C. The van der Waals surface area contributed by atoms with Crippen LogP contribution in [0.1, 0.15) is 25.5 Å². The fourth-order valence-electron chi connectivity index (χ4n) is 2.48. The van der Waals surface area contributed by atoms with Crippen LogP contribution in [0.2, 0.25) is 0 Å². The molecule has 1 aromatic rings. The summed E-state index contributed by atoms with van der Waals surface area (Å²) in [6.45, 7) is 6.39. The topological polar surface area (TPSA) is 6.48 Å². The summed E-state index contributed by atoms with van der Waals surface area (Å²) in [6.07, 6.45) is 0. The van der Waals surface area contributed by atoms with Gasteiger partial charge in [-0.1, -0.05) is 0 Å². The maximum absolute atomic E-state index is 13.8. The molecule has 1 aliphatic heterocycles. The molecule has 0 N–H and O–H groups in total. The highest BCUT2D eigenvalue weighted by molar-refractivity contribution is 5.23. The lowest BCUT2D eigenvalue weighted by molar-refractivity contribution is 0.0761. The first kappa shape index (κ1) is 14.3. The summed E-state index contributed by atoms with van der Waals surface area (Å²) in [7, 11) is 2.05. The van der Waals surface area contributed by atoms with Crippen molar-refractivity contribution in [2.45, 2.75) is 25.9 Å². The number of benzene rings is 1. The molecule has 1 saturated heterocycles. The first-order valence-electron chi connectivity index (χ1n) is 6.49. The minimum atomic E-state index is -1.14. The zero-order chi connectivity index (χ0) is 14.2. The van der Waals surface area contributed by atoms with Crippen molar-refractivity contribution >= 4 is 0 Å². The normalized spacial score (nSPS) is 23.6. The van der Waals surface area contributed by atoms with Crippen molar-refractivity contribution in [1.82, 2.24) is 9.80 Å². The molecule has 0 aromatic heterocycles. The highest BCUT2D eigenvalue weighted by Crippen LogP contribution is 2.26. The van der Waals surface area contributed by atoms with Gasteiger partial charge in [0.25, 0.3) is 0 Å². The molecule has 19 heavy (non-hydrogen) atoms. The second-order valence-corrected chi connectivity index (χ2v) is 5.29. The van der Waals surface area contributed by atoms with Crippen LogP contribution in [-0.4, -0.2) is 42.5 Å². The number of nitrogens with zero attached hydrogens (tertiary/aromatic N) is 2. The molecule has 2 rings (SSSR count). The smallest absolute Gasteiger partial charge is 0.161 e. The summed E-state index contributed by atoms with van der Waals surface area (Å²) < 4.78 is 40.0. The molecule has 1 aromatic carbocycles. The summed E-state index contributed by atoms with van der Waals surface area (Å²) >= 11 is 0. The number of rotatable bonds is 2. The number of piperazine rings is 1. The van der Waals surface area contributed by atoms with Gasteiger partial charge in [-0.3, -0.25) is 4.90 Å². The van der Waals surface area contributed by atoms with E-state index in [0.717, 1.165) is 25.7 Å². The van der Waals surface area contributed by atoms with Crippen LogP contribution in [0, 0.1) is 17.5 Å². The molecule has 1 heterocycles. The van der Waals surface area contributed by atoms with Crippen LogP contribution in [0.25, 0.3) is 0 Å². The minimum absolute atomic E-state index is 0.218. The van der Waals surface area contributed by atoms with Gasteiger partial charge < -0.3 is 4.90 Å². The van der Waals surface area contributed by atoms with Crippen LogP contribution >= 0.6 is 0 Å². The number of hydrogen-bond acceptors (Lipinski definition) is 2. The molecular formula is C14H19F3N2. The van der Waals surface area contributed by atoms with Gasteiger partial charge >= 0.3 is 0 Å². The predicted molar refractivity (Wildman–Crippen MR) is 68.4 cm³/mol. The van der Waals surface area contributed by atoms with E-state index in [-0.39, 0.29) is 11.6 Å². The summed E-state index contributed by atoms with van der Waals surface area (Å²) in [6, 6.07) is 1.70. The average molecular weight is 272 g/mol. The van der Waals surface area contributed by atoms with Crippen LogP contribution in [0.5, 0.6) is 0 Å². The number of likely N-dealkylation sites (N-methyl/N-ethyl adjacent to an activating group) is 1. The van der Waals surface area contributed by atoms with Gasteiger partial charge in [0.2, 0.25) is 0 Å². The van der Waals surface area contributed by atoms with E-state index in [4.69, 9.17) is 0 Å². The molecule has 2 nitrogen and oxygen atoms in total. The minimum Gasteiger partial charge on any atom is -0.301 e. The molecule has 1 aliphatic rings. The molecule has 0 bridgehead atoms. The zero-order valence-electron chi connectivity index (χ0n) is 11.5. The van der Waals surface area contributed by atoms with Crippen LogP contribution in [0.4, 0.5) is 13.2 Å². The third-order valence-corrected chi connectivity index (χ3v) is 4.03. The Hall–Kier alpha value is -1.07. The summed E-state index contributed by atoms with van der Waals surface area (Å²) in [4.78, 5) is 4.32. The third kappa shape index (κ3) is 2.92. The standard InChI is InChI=1S/C14H19F3N2/c1-9-8-19(5-4-18(9)3)10(2)11-6-13(16)14(17)7-12(11)15/h6-7,9-10H,4-5,8H2,1-3H3. The molecule has 0 saturated carbocycles. The van der Waals surface area contributed by atoms with E-state index >= 15 is 0 Å². The van der Waals surface area contributed by atoms with E-state index in [1.165, 1.54) is 0 Å². The first-order valence-corrected chi connectivity index (χ1v) is 6.49. The van der Waals surface area contributed by atoms with E-state index in [1.54, 1.807) is 0 Å². The Balaban J connectivity index is 2.20. The Labute approximate surface area is 111 Å². The molecule has 0 radical (unpaired) electrons. The van der Waals surface area contributed by atoms with Gasteiger partial charge in [0, 0.05) is 43.3 Å². The second-order valence-electron chi connectivity index (χ2n) is 5.29. The Morgan fingerprint density at radius 1 is 1.11 bits per heavy atom. The van der Waals surface area contributed by atoms with E-state index in [2.05, 4.69) is 16.7 Å². The highest BCUT2D eigenvalue weighted by atomic mass is 19.2. The lowest BCUT2D eigenvalue weighted by Crippen LogP contribution is -2.50. The van der Waals surface area contributed by atoms with Crippen molar-refractivity contribution in [3.8, 4) is 0 Å². The molecule has 2 unspecified atom stereocenters. The molecule has 0 spiro atoms. The van der Waals surface area contributed by atoms with Gasteiger partial charge in [-0.2, -0.15) is 0 Å². The maximum atomic E-state index is 13.8. The fraction of sp³-hybridized carbons (Fsp3) is 0.571. The predicted octanol–water partition coefficient (Wildman–Crippen LogP) is 2.80. The van der Waals surface area contributed by atoms with Gasteiger partial charge in [0.15, 0.2) is 11.6 Å². The van der Waals surface area contributed by atoms with E-state index in [0.29, 0.717) is 12.1 Å². The van der Waals surface area contributed by atoms with Crippen molar-refractivity contribution in [2.24, 2.45) is 0 Å². The highest BCUT2D eigenvalue weighted by Gasteiger charge is 2.27. The van der Waals surface area contributed by atoms with Crippen LogP contribution < -0.4 is 0 Å². The lowest BCUT2D eigenvalue weighted by atomic mass is 10.0. The van der Waals surface area contributed by atoms with Gasteiger partial charge in [0.05, 0.1) is 0 Å². The van der Waals surface area contributed by atoms with Crippen molar-refractivity contribution in [3.05, 3.63) is 35.1 Å². The van der Waals surface area contributed by atoms with Gasteiger partial charge in [-0.15, -0.1) is 0 Å². The van der Waals surface area contributed by atoms with Gasteiger partial charge in [-0.25, -0.2) is 13.2 Å². The Kier molecular flexibility index (Phi) is 4.16. The van der Waals surface area contributed by atoms with Crippen LogP contribution in [-0.2, 0) is 0 Å². The lowest BCUT2D eigenvalue weighted by Gasteiger charge is -2.40. The zero-order valence-corrected chi connectivity index (χ0v) is 11.5. The largest absolute Gasteiger partial charge is 0.301 e. The summed E-state index contributed by atoms with van der Waals surface area (Å²) in [5, 5.41) is 0. The molecule has 5 heteroatoms. The van der Waals surface area contributed by atoms with Crippen molar-refractivity contribution < 1.29 is 13.2 Å². The Morgan fingerprint density at radius 2 is 1.74 bits per heavy atom. The Morgan fingerprint density at radius 3 is 2.37 bits per heavy atom. The summed E-state index contributed by atoms with van der Waals surface area (Å²) in [5.74, 6) is -2.82. The van der Waals surface area contributed by atoms with Gasteiger partial charge in [0.1, 0.15) is 5.82 Å². The quantitative estimate of drug-likeness (QED) is 0.764. The van der Waals surface area contributed by atoms with E-state index in [1.807, 2.05) is 14.0 Å². The molecule has 0 aliphatic carbocycles. The molecule has 1 fully saturated rings. The fourth-order valence-corrected chi connectivity index (χ4v) is 2.48. The molecule has 106 valence electrons. The summed E-state index contributed by atoms with van der Waals surface area (Å²) in [5.41, 5.74) is 0.218. The van der Waals surface area contributed by atoms with Crippen LogP contribution in [0.15, 0.2) is 12.1 Å². The van der Waals surface area contributed by atoms with Crippen molar-refractivity contribution in [3.63, 3.8) is 0 Å². The van der Waals surface area contributed by atoms with E-state index < -0.39 is 17.5 Å². The first-order chi connectivity index (χ1) is 8.90. The Bertz CT molecular complexity index is 464. The third-order valence-electron chi connectivity index (χ3n) is 4.03. The van der Waals surface area contributed by atoms with Crippen LogP contribution in [0.3, 0.4) is 0 Å². The van der Waals surface area contributed by atoms with Gasteiger partial charge in [-0.05, 0) is 27.0 Å². The molecule has 0 amide bonds. The average Bonchev–Trinajstić information content (AvgIpc) is 2.36. The number of halogens is 3.